The lowest BCUT2D eigenvalue weighted by atomic mass is 9.99. The van der Waals surface area contributed by atoms with Crippen LogP contribution in [0.4, 0.5) is 23.7 Å². The number of anilines is 1. The molecule has 3 aromatic carbocycles. The first-order valence-electron chi connectivity index (χ1n) is 13.3. The molecular weight excluding hydrogens is 565 g/mol. The SMILES string of the molecule is Cc1ccc(NC(=S)NC(=O)NCCCc2cccc(-c3ncn(-c4ccc(OC(F)(F)F)cc4)n3)c2)c(C(C)C)c1. The number of urea groups is 1. The zero-order valence-electron chi connectivity index (χ0n) is 23.3. The molecule has 2 amide bonds. The van der Waals surface area contributed by atoms with E-state index in [1.807, 2.05) is 43.3 Å². The van der Waals surface area contributed by atoms with Crippen molar-refractivity contribution < 1.29 is 22.7 Å². The summed E-state index contributed by atoms with van der Waals surface area (Å²) in [5, 5.41) is 13.3. The van der Waals surface area contributed by atoms with E-state index in [-0.39, 0.29) is 16.9 Å². The van der Waals surface area contributed by atoms with Crippen LogP contribution in [0.2, 0.25) is 0 Å². The van der Waals surface area contributed by atoms with Crippen LogP contribution in [0.15, 0.2) is 73.1 Å². The van der Waals surface area contributed by atoms with Crippen molar-refractivity contribution in [3.05, 3.63) is 89.7 Å². The standard InChI is InChI=1S/C30H31F3N6O2S/c1-19(2)25-16-20(3)9-14-26(25)36-29(42)37-28(40)34-15-5-7-21-6-4-8-22(17-21)27-35-18-39(38-27)23-10-12-24(13-11-23)41-30(31,32)33/h4,6,8-14,16-19H,5,7,15H2,1-3H3,(H3,34,36,37,40,42). The van der Waals surface area contributed by atoms with Gasteiger partial charge in [0, 0.05) is 17.8 Å². The van der Waals surface area contributed by atoms with Gasteiger partial charge in [0.1, 0.15) is 12.1 Å². The maximum absolute atomic E-state index is 12.4. The first-order valence-corrected chi connectivity index (χ1v) is 13.7. The summed E-state index contributed by atoms with van der Waals surface area (Å²) in [5.41, 5.74) is 5.52. The van der Waals surface area contributed by atoms with Crippen LogP contribution in [-0.4, -0.2) is 38.8 Å². The Morgan fingerprint density at radius 2 is 1.83 bits per heavy atom. The van der Waals surface area contributed by atoms with Gasteiger partial charge in [-0.3, -0.25) is 5.32 Å². The van der Waals surface area contributed by atoms with Gasteiger partial charge in [-0.15, -0.1) is 18.3 Å². The molecule has 0 fully saturated rings. The maximum atomic E-state index is 12.4. The molecule has 0 unspecified atom stereocenters. The van der Waals surface area contributed by atoms with E-state index >= 15 is 0 Å². The van der Waals surface area contributed by atoms with E-state index in [1.165, 1.54) is 35.3 Å². The molecule has 0 saturated heterocycles. The highest BCUT2D eigenvalue weighted by Crippen LogP contribution is 2.26. The Kier molecular flexibility index (Phi) is 9.79. The third-order valence-corrected chi connectivity index (χ3v) is 6.45. The predicted molar refractivity (Wildman–Crippen MR) is 160 cm³/mol. The second-order valence-corrected chi connectivity index (χ2v) is 10.3. The highest BCUT2D eigenvalue weighted by molar-refractivity contribution is 7.80. The number of nitrogens with one attached hydrogen (secondary N) is 3. The molecule has 0 bridgehead atoms. The molecule has 8 nitrogen and oxygen atoms in total. The normalized spacial score (nSPS) is 11.3. The number of alkyl halides is 3. The molecule has 0 radical (unpaired) electrons. The van der Waals surface area contributed by atoms with Crippen LogP contribution in [0.1, 0.15) is 42.9 Å². The van der Waals surface area contributed by atoms with Crippen molar-refractivity contribution in [2.75, 3.05) is 11.9 Å². The quantitative estimate of drug-likeness (QED) is 0.144. The molecule has 4 aromatic rings. The van der Waals surface area contributed by atoms with Crippen LogP contribution in [-0.2, 0) is 6.42 Å². The summed E-state index contributed by atoms with van der Waals surface area (Å²) in [6.07, 6.45) is -1.86. The maximum Gasteiger partial charge on any atom is 0.573 e. The predicted octanol–water partition coefficient (Wildman–Crippen LogP) is 6.89. The van der Waals surface area contributed by atoms with Gasteiger partial charge in [-0.25, -0.2) is 14.5 Å². The Bertz CT molecular complexity index is 1540. The van der Waals surface area contributed by atoms with Crippen molar-refractivity contribution in [3.63, 3.8) is 0 Å². The van der Waals surface area contributed by atoms with Gasteiger partial charge in [0.2, 0.25) is 0 Å². The van der Waals surface area contributed by atoms with E-state index < -0.39 is 6.36 Å². The van der Waals surface area contributed by atoms with Crippen molar-refractivity contribution in [2.24, 2.45) is 0 Å². The zero-order chi connectivity index (χ0) is 30.3. The Labute approximate surface area is 247 Å². The first-order chi connectivity index (χ1) is 20.0. The van der Waals surface area contributed by atoms with Crippen LogP contribution in [0.3, 0.4) is 0 Å². The molecule has 0 saturated carbocycles. The monoisotopic (exact) mass is 596 g/mol. The highest BCUT2D eigenvalue weighted by Gasteiger charge is 2.31. The summed E-state index contributed by atoms with van der Waals surface area (Å²) in [6.45, 7) is 6.68. The fraction of sp³-hybridized carbons (Fsp3) is 0.267. The molecular formula is C30H31F3N6O2S. The van der Waals surface area contributed by atoms with Crippen molar-refractivity contribution in [2.45, 2.75) is 45.9 Å². The third-order valence-electron chi connectivity index (χ3n) is 6.24. The number of carbonyl (C=O) groups is 1. The van der Waals surface area contributed by atoms with Crippen molar-refractivity contribution in [1.82, 2.24) is 25.4 Å². The summed E-state index contributed by atoms with van der Waals surface area (Å²) >= 11 is 5.32. The molecule has 0 atom stereocenters. The van der Waals surface area contributed by atoms with Crippen molar-refractivity contribution >= 4 is 29.0 Å². The second kappa shape index (κ2) is 13.5. The average Bonchev–Trinajstić information content (AvgIpc) is 3.42. The number of halogens is 3. The Hall–Kier alpha value is -4.45. The molecule has 12 heteroatoms. The van der Waals surface area contributed by atoms with Crippen LogP contribution in [0.5, 0.6) is 5.75 Å². The van der Waals surface area contributed by atoms with E-state index in [0.29, 0.717) is 36.8 Å². The van der Waals surface area contributed by atoms with E-state index in [4.69, 9.17) is 12.2 Å². The summed E-state index contributed by atoms with van der Waals surface area (Å²) < 4.78 is 42.6. The molecule has 220 valence electrons. The lowest BCUT2D eigenvalue weighted by molar-refractivity contribution is -0.274. The molecule has 3 N–H and O–H groups in total. The first kappa shape index (κ1) is 30.5. The summed E-state index contributed by atoms with van der Waals surface area (Å²) in [6, 6.07) is 18.8. The summed E-state index contributed by atoms with van der Waals surface area (Å²) in [4.78, 5) is 16.7. The van der Waals surface area contributed by atoms with Gasteiger partial charge >= 0.3 is 12.4 Å². The number of benzene rings is 3. The van der Waals surface area contributed by atoms with Crippen LogP contribution >= 0.6 is 12.2 Å². The number of thiocarbonyl (C=S) groups is 1. The van der Waals surface area contributed by atoms with Gasteiger partial charge in [-0.1, -0.05) is 49.7 Å². The van der Waals surface area contributed by atoms with E-state index in [0.717, 1.165) is 27.9 Å². The lowest BCUT2D eigenvalue weighted by Crippen LogP contribution is -2.42. The lowest BCUT2D eigenvalue weighted by Gasteiger charge is -2.16. The number of carbonyl (C=O) groups excluding carboxylic acids is 1. The number of ether oxygens (including phenoxy) is 1. The average molecular weight is 597 g/mol. The molecule has 0 aliphatic rings. The van der Waals surface area contributed by atoms with E-state index in [2.05, 4.69) is 50.7 Å². The molecule has 4 rings (SSSR count). The summed E-state index contributed by atoms with van der Waals surface area (Å²) in [7, 11) is 0. The number of amides is 2. The Morgan fingerprint density at radius 1 is 1.07 bits per heavy atom. The third kappa shape index (κ3) is 8.77. The zero-order valence-corrected chi connectivity index (χ0v) is 24.1. The number of nitrogens with zero attached hydrogens (tertiary/aromatic N) is 3. The van der Waals surface area contributed by atoms with E-state index in [9.17, 15) is 18.0 Å². The second-order valence-electron chi connectivity index (χ2n) is 9.94. The highest BCUT2D eigenvalue weighted by atomic mass is 32.1. The fourth-order valence-corrected chi connectivity index (χ4v) is 4.46. The van der Waals surface area contributed by atoms with Gasteiger partial charge in [-0.2, -0.15) is 0 Å². The molecule has 42 heavy (non-hydrogen) atoms. The van der Waals surface area contributed by atoms with Crippen molar-refractivity contribution in [3.8, 4) is 22.8 Å². The van der Waals surface area contributed by atoms with Crippen molar-refractivity contribution in [1.29, 1.82) is 0 Å². The molecule has 1 aromatic heterocycles. The topological polar surface area (TPSA) is 93.1 Å². The van der Waals surface area contributed by atoms with Gasteiger partial charge in [0.25, 0.3) is 0 Å². The minimum Gasteiger partial charge on any atom is -0.406 e. The minimum atomic E-state index is -4.75. The van der Waals surface area contributed by atoms with E-state index in [1.54, 1.807) is 0 Å². The number of rotatable bonds is 9. The van der Waals surface area contributed by atoms with Gasteiger partial charge in [0.15, 0.2) is 10.9 Å². The van der Waals surface area contributed by atoms with Gasteiger partial charge in [0.05, 0.1) is 5.69 Å². The number of aromatic nitrogens is 3. The smallest absolute Gasteiger partial charge is 0.406 e. The minimum absolute atomic E-state index is 0.225. The Morgan fingerprint density at radius 3 is 2.55 bits per heavy atom. The molecule has 0 aliphatic heterocycles. The molecule has 1 heterocycles. The number of hydrogen-bond donors (Lipinski definition) is 3. The van der Waals surface area contributed by atoms with Crippen LogP contribution < -0.4 is 20.7 Å². The largest absolute Gasteiger partial charge is 0.573 e. The fourth-order valence-electron chi connectivity index (χ4n) is 4.26. The molecule has 0 aliphatic carbocycles. The number of aryl methyl sites for hydroxylation is 2. The Balaban J connectivity index is 1.25. The van der Waals surface area contributed by atoms with Gasteiger partial charge < -0.3 is 15.4 Å². The van der Waals surface area contributed by atoms with Gasteiger partial charge in [-0.05, 0) is 85.4 Å². The van der Waals surface area contributed by atoms with Crippen LogP contribution in [0.25, 0.3) is 17.1 Å². The summed E-state index contributed by atoms with van der Waals surface area (Å²) in [5.74, 6) is 0.463. The number of hydrogen-bond acceptors (Lipinski definition) is 5. The molecule has 0 spiro atoms. The van der Waals surface area contributed by atoms with Crippen LogP contribution in [0, 0.1) is 6.92 Å².